The highest BCUT2D eigenvalue weighted by Gasteiger charge is 2.20. The summed E-state index contributed by atoms with van der Waals surface area (Å²) in [4.78, 5) is 25.1. The molecular formula is C15H28N2O3. The highest BCUT2D eigenvalue weighted by atomic mass is 16.5. The van der Waals surface area contributed by atoms with Gasteiger partial charge in [0, 0.05) is 12.6 Å². The van der Waals surface area contributed by atoms with Gasteiger partial charge in [-0.25, -0.2) is 0 Å². The molecule has 5 heteroatoms. The molecule has 5 nitrogen and oxygen atoms in total. The number of ether oxygens (including phenoxy) is 1. The summed E-state index contributed by atoms with van der Waals surface area (Å²) >= 11 is 0. The Bertz CT molecular complexity index is 312. The number of methoxy groups -OCH3 is 1. The number of hydrogen-bond acceptors (Lipinski definition) is 4. The molecule has 116 valence electrons. The van der Waals surface area contributed by atoms with Crippen molar-refractivity contribution in [2.45, 2.75) is 52.0 Å². The number of esters is 1. The fraction of sp³-hybridized carbons (Fsp3) is 0.867. The first-order valence-corrected chi connectivity index (χ1v) is 7.63. The zero-order valence-electron chi connectivity index (χ0n) is 13.0. The second-order valence-electron chi connectivity index (χ2n) is 5.72. The van der Waals surface area contributed by atoms with E-state index in [2.05, 4.69) is 17.0 Å². The molecule has 0 atom stereocenters. The van der Waals surface area contributed by atoms with Gasteiger partial charge in [0.2, 0.25) is 5.91 Å². The lowest BCUT2D eigenvalue weighted by atomic mass is 9.87. The number of carbonyl (C=O) groups excluding carboxylic acids is 2. The summed E-state index contributed by atoms with van der Waals surface area (Å²) in [5, 5.41) is 3.11. The second kappa shape index (κ2) is 8.95. The van der Waals surface area contributed by atoms with E-state index < -0.39 is 0 Å². The molecule has 0 aromatic rings. The van der Waals surface area contributed by atoms with Crippen molar-refractivity contribution >= 4 is 11.9 Å². The van der Waals surface area contributed by atoms with Crippen LogP contribution in [0.5, 0.6) is 0 Å². The number of nitrogens with zero attached hydrogens (tertiary/aromatic N) is 1. The molecule has 0 bridgehead atoms. The molecule has 1 aliphatic carbocycles. The van der Waals surface area contributed by atoms with Gasteiger partial charge in [0.25, 0.3) is 0 Å². The third-order valence-electron chi connectivity index (χ3n) is 4.06. The van der Waals surface area contributed by atoms with E-state index in [9.17, 15) is 9.59 Å². The Labute approximate surface area is 122 Å². The van der Waals surface area contributed by atoms with Crippen LogP contribution in [0.2, 0.25) is 0 Å². The Morgan fingerprint density at radius 1 is 1.25 bits per heavy atom. The van der Waals surface area contributed by atoms with Gasteiger partial charge < -0.3 is 10.1 Å². The van der Waals surface area contributed by atoms with Gasteiger partial charge in [-0.3, -0.25) is 14.5 Å². The Morgan fingerprint density at radius 2 is 1.90 bits per heavy atom. The van der Waals surface area contributed by atoms with E-state index in [4.69, 9.17) is 0 Å². The van der Waals surface area contributed by atoms with E-state index >= 15 is 0 Å². The van der Waals surface area contributed by atoms with Crippen LogP contribution >= 0.6 is 0 Å². The van der Waals surface area contributed by atoms with E-state index in [0.717, 1.165) is 25.3 Å². The van der Waals surface area contributed by atoms with E-state index in [-0.39, 0.29) is 11.9 Å². The fourth-order valence-electron chi connectivity index (χ4n) is 2.58. The Hall–Kier alpha value is -1.10. The van der Waals surface area contributed by atoms with Crippen molar-refractivity contribution < 1.29 is 14.3 Å². The van der Waals surface area contributed by atoms with Crippen LogP contribution in [0, 0.1) is 5.92 Å². The van der Waals surface area contributed by atoms with Crippen LogP contribution in [-0.2, 0) is 14.3 Å². The van der Waals surface area contributed by atoms with E-state index in [1.165, 1.54) is 20.0 Å². The smallest absolute Gasteiger partial charge is 0.306 e. The van der Waals surface area contributed by atoms with Crippen molar-refractivity contribution in [3.63, 3.8) is 0 Å². The number of hydrogen-bond donors (Lipinski definition) is 1. The first-order chi connectivity index (χ1) is 9.55. The maximum absolute atomic E-state index is 12.0. The molecule has 1 N–H and O–H groups in total. The highest BCUT2D eigenvalue weighted by Crippen LogP contribution is 2.23. The zero-order valence-corrected chi connectivity index (χ0v) is 13.0. The van der Waals surface area contributed by atoms with Crippen LogP contribution in [0.25, 0.3) is 0 Å². The lowest BCUT2D eigenvalue weighted by molar-refractivity contribution is -0.141. The number of rotatable bonds is 7. The molecule has 0 aliphatic heterocycles. The van der Waals surface area contributed by atoms with Gasteiger partial charge in [-0.2, -0.15) is 0 Å². The summed E-state index contributed by atoms with van der Waals surface area (Å²) in [6.07, 6.45) is 4.90. The molecule has 0 radical (unpaired) electrons. The summed E-state index contributed by atoms with van der Waals surface area (Å²) in [5.41, 5.74) is 0. The summed E-state index contributed by atoms with van der Waals surface area (Å²) in [7, 11) is 1.38. The SMILES string of the molecule is CCN(CCC(=O)OC)CC(=O)NC1CCC(C)CC1. The average Bonchev–Trinajstić information content (AvgIpc) is 2.45. The number of amides is 1. The van der Waals surface area contributed by atoms with Gasteiger partial charge in [-0.1, -0.05) is 13.8 Å². The van der Waals surface area contributed by atoms with E-state index in [1.54, 1.807) is 0 Å². The molecule has 1 saturated carbocycles. The van der Waals surface area contributed by atoms with Crippen LogP contribution < -0.4 is 5.32 Å². The molecule has 0 unspecified atom stereocenters. The Balaban J connectivity index is 2.26. The summed E-state index contributed by atoms with van der Waals surface area (Å²) < 4.78 is 4.62. The second-order valence-corrected chi connectivity index (χ2v) is 5.72. The van der Waals surface area contributed by atoms with E-state index in [0.29, 0.717) is 25.6 Å². The molecule has 0 aromatic carbocycles. The highest BCUT2D eigenvalue weighted by molar-refractivity contribution is 5.78. The summed E-state index contributed by atoms with van der Waals surface area (Å²) in [6.45, 7) is 5.94. The Kier molecular flexibility index (Phi) is 7.59. The van der Waals surface area contributed by atoms with Crippen molar-refractivity contribution in [3.05, 3.63) is 0 Å². The van der Waals surface area contributed by atoms with Crippen molar-refractivity contribution in [2.75, 3.05) is 26.7 Å². The molecule has 0 spiro atoms. The lowest BCUT2D eigenvalue weighted by Crippen LogP contribution is -2.43. The summed E-state index contributed by atoms with van der Waals surface area (Å²) in [6, 6.07) is 0.331. The van der Waals surface area contributed by atoms with Gasteiger partial charge in [-0.05, 0) is 38.1 Å². The standard InChI is InChI=1S/C15H28N2O3/c1-4-17(10-9-15(19)20-3)11-14(18)16-13-7-5-12(2)6-8-13/h12-13H,4-11H2,1-3H3,(H,16,18). The van der Waals surface area contributed by atoms with Crippen LogP contribution in [0.3, 0.4) is 0 Å². The summed E-state index contributed by atoms with van der Waals surface area (Å²) in [5.74, 6) is 0.622. The molecule has 0 aromatic heterocycles. The lowest BCUT2D eigenvalue weighted by Gasteiger charge is -2.28. The first-order valence-electron chi connectivity index (χ1n) is 7.63. The van der Waals surface area contributed by atoms with Gasteiger partial charge in [0.1, 0.15) is 0 Å². The third kappa shape index (κ3) is 6.37. The van der Waals surface area contributed by atoms with Gasteiger partial charge >= 0.3 is 5.97 Å². The maximum Gasteiger partial charge on any atom is 0.306 e. The number of carbonyl (C=O) groups is 2. The monoisotopic (exact) mass is 284 g/mol. The molecule has 1 rings (SSSR count). The van der Waals surface area contributed by atoms with Gasteiger partial charge in [0.05, 0.1) is 20.1 Å². The van der Waals surface area contributed by atoms with Crippen molar-refractivity contribution in [1.82, 2.24) is 10.2 Å². The average molecular weight is 284 g/mol. The molecule has 0 heterocycles. The maximum atomic E-state index is 12.0. The van der Waals surface area contributed by atoms with Crippen LogP contribution in [0.1, 0.15) is 46.0 Å². The van der Waals surface area contributed by atoms with Gasteiger partial charge in [-0.15, -0.1) is 0 Å². The number of nitrogens with one attached hydrogen (secondary N) is 1. The quantitative estimate of drug-likeness (QED) is 0.721. The molecular weight excluding hydrogens is 256 g/mol. The van der Waals surface area contributed by atoms with Crippen molar-refractivity contribution in [3.8, 4) is 0 Å². The molecule has 0 saturated heterocycles. The first kappa shape index (κ1) is 17.0. The third-order valence-corrected chi connectivity index (χ3v) is 4.06. The predicted octanol–water partition coefficient (Wildman–Crippen LogP) is 1.57. The molecule has 1 fully saturated rings. The van der Waals surface area contributed by atoms with Crippen molar-refractivity contribution in [1.29, 1.82) is 0 Å². The minimum Gasteiger partial charge on any atom is -0.469 e. The molecule has 1 aliphatic rings. The topological polar surface area (TPSA) is 58.6 Å². The van der Waals surface area contributed by atoms with Crippen molar-refractivity contribution in [2.24, 2.45) is 5.92 Å². The normalized spacial score (nSPS) is 22.6. The largest absolute Gasteiger partial charge is 0.469 e. The minimum absolute atomic E-state index is 0.0660. The van der Waals surface area contributed by atoms with Crippen LogP contribution in [0.15, 0.2) is 0 Å². The van der Waals surface area contributed by atoms with Crippen LogP contribution in [-0.4, -0.2) is 49.6 Å². The van der Waals surface area contributed by atoms with E-state index in [1.807, 2.05) is 11.8 Å². The van der Waals surface area contributed by atoms with Gasteiger partial charge in [0.15, 0.2) is 0 Å². The number of likely N-dealkylation sites (N-methyl/N-ethyl adjacent to an activating group) is 1. The fourth-order valence-corrected chi connectivity index (χ4v) is 2.58. The Morgan fingerprint density at radius 3 is 2.45 bits per heavy atom. The van der Waals surface area contributed by atoms with Crippen LogP contribution in [0.4, 0.5) is 0 Å². The minimum atomic E-state index is -0.231. The zero-order chi connectivity index (χ0) is 15.0. The molecule has 20 heavy (non-hydrogen) atoms. The molecule has 1 amide bonds. The predicted molar refractivity (Wildman–Crippen MR) is 78.3 cm³/mol.